The van der Waals surface area contributed by atoms with Crippen LogP contribution in [0.5, 0.6) is 0 Å². The van der Waals surface area contributed by atoms with E-state index in [0.717, 1.165) is 22.3 Å². The molecule has 0 aliphatic carbocycles. The van der Waals surface area contributed by atoms with Gasteiger partial charge in [-0.1, -0.05) is 35.9 Å². The van der Waals surface area contributed by atoms with E-state index < -0.39 is 0 Å². The molecule has 3 aromatic rings. The first-order valence-corrected chi connectivity index (χ1v) is 7.60. The van der Waals surface area contributed by atoms with E-state index in [1.165, 1.54) is 0 Å². The molecule has 1 heterocycles. The normalized spacial score (nSPS) is 10.4. The van der Waals surface area contributed by atoms with Crippen LogP contribution in [-0.2, 0) is 0 Å². The van der Waals surface area contributed by atoms with Crippen molar-refractivity contribution >= 4 is 5.69 Å². The number of pyridine rings is 1. The van der Waals surface area contributed by atoms with Gasteiger partial charge in [0, 0.05) is 16.9 Å². The van der Waals surface area contributed by atoms with Crippen LogP contribution in [0.25, 0.3) is 22.4 Å². The van der Waals surface area contributed by atoms with Crippen molar-refractivity contribution in [2.75, 3.05) is 5.73 Å². The Hall–Kier alpha value is -3.32. The van der Waals surface area contributed by atoms with Gasteiger partial charge in [-0.25, -0.2) is 0 Å². The molecule has 0 radical (unpaired) electrons. The minimum Gasteiger partial charge on any atom is -0.399 e. The summed E-state index contributed by atoms with van der Waals surface area (Å²) in [5.74, 6) is 0. The number of aromatic nitrogens is 1. The third kappa shape index (κ3) is 2.80. The van der Waals surface area contributed by atoms with Crippen LogP contribution < -0.4 is 11.3 Å². The Labute approximate surface area is 140 Å². The van der Waals surface area contributed by atoms with Gasteiger partial charge in [-0.3, -0.25) is 4.79 Å². The molecule has 3 N–H and O–H groups in total. The summed E-state index contributed by atoms with van der Waals surface area (Å²) in [5, 5.41) is 9.43. The van der Waals surface area contributed by atoms with Gasteiger partial charge in [0.1, 0.15) is 11.6 Å². The minimum absolute atomic E-state index is 0.128. The SMILES string of the molecule is Cc1ccc(C)c(-c2cc(-c3ccc(N)cc3)[nH]c(=O)c2C#N)c1. The van der Waals surface area contributed by atoms with E-state index in [4.69, 9.17) is 5.73 Å². The van der Waals surface area contributed by atoms with Crippen molar-refractivity contribution in [3.8, 4) is 28.5 Å². The third-order valence-corrected chi connectivity index (χ3v) is 4.05. The third-order valence-electron chi connectivity index (χ3n) is 4.05. The number of aromatic amines is 1. The van der Waals surface area contributed by atoms with Crippen molar-refractivity contribution in [1.29, 1.82) is 5.26 Å². The molecule has 0 atom stereocenters. The van der Waals surface area contributed by atoms with Crippen LogP contribution in [0.2, 0.25) is 0 Å². The molecule has 0 spiro atoms. The minimum atomic E-state index is -0.386. The van der Waals surface area contributed by atoms with E-state index in [2.05, 4.69) is 4.98 Å². The number of rotatable bonds is 2. The predicted octanol–water partition coefficient (Wildman–Crippen LogP) is 3.78. The zero-order valence-electron chi connectivity index (χ0n) is 13.6. The van der Waals surface area contributed by atoms with Crippen molar-refractivity contribution in [1.82, 2.24) is 4.98 Å². The first-order valence-electron chi connectivity index (χ1n) is 7.60. The van der Waals surface area contributed by atoms with Crippen molar-refractivity contribution < 1.29 is 0 Å². The zero-order valence-corrected chi connectivity index (χ0v) is 13.6. The van der Waals surface area contributed by atoms with Gasteiger partial charge in [-0.15, -0.1) is 0 Å². The summed E-state index contributed by atoms with van der Waals surface area (Å²) >= 11 is 0. The van der Waals surface area contributed by atoms with E-state index in [1.54, 1.807) is 12.1 Å². The molecule has 0 fully saturated rings. The van der Waals surface area contributed by atoms with Crippen LogP contribution in [0.3, 0.4) is 0 Å². The maximum Gasteiger partial charge on any atom is 0.266 e. The highest BCUT2D eigenvalue weighted by atomic mass is 16.1. The standard InChI is InChI=1S/C20H17N3O/c1-12-3-4-13(2)16(9-12)17-10-19(23-20(24)18(17)11-21)14-5-7-15(22)8-6-14/h3-10H,22H2,1-2H3,(H,23,24). The number of benzene rings is 2. The molecule has 3 rings (SSSR count). The number of nitrogens with zero attached hydrogens (tertiary/aromatic N) is 1. The average molecular weight is 315 g/mol. The van der Waals surface area contributed by atoms with Crippen LogP contribution in [-0.4, -0.2) is 4.98 Å². The number of nitriles is 1. The Morgan fingerprint density at radius 3 is 2.38 bits per heavy atom. The van der Waals surface area contributed by atoms with Crippen LogP contribution in [0.15, 0.2) is 53.3 Å². The lowest BCUT2D eigenvalue weighted by Gasteiger charge is -2.11. The van der Waals surface area contributed by atoms with Gasteiger partial charge in [-0.2, -0.15) is 5.26 Å². The van der Waals surface area contributed by atoms with Gasteiger partial charge in [0.05, 0.1) is 0 Å². The Morgan fingerprint density at radius 1 is 1.00 bits per heavy atom. The Kier molecular flexibility index (Phi) is 3.93. The summed E-state index contributed by atoms with van der Waals surface area (Å²) in [6, 6.07) is 17.1. The number of nitrogen functional groups attached to an aromatic ring is 1. The molecule has 0 aliphatic rings. The first-order chi connectivity index (χ1) is 11.5. The lowest BCUT2D eigenvalue weighted by molar-refractivity contribution is 1.21. The van der Waals surface area contributed by atoms with Crippen LogP contribution in [0.4, 0.5) is 5.69 Å². The second kappa shape index (κ2) is 6.05. The van der Waals surface area contributed by atoms with Gasteiger partial charge < -0.3 is 10.7 Å². The molecular formula is C20H17N3O. The smallest absolute Gasteiger partial charge is 0.266 e. The largest absolute Gasteiger partial charge is 0.399 e. The van der Waals surface area contributed by atoms with E-state index >= 15 is 0 Å². The highest BCUT2D eigenvalue weighted by molar-refractivity contribution is 5.77. The molecule has 0 unspecified atom stereocenters. The molecule has 0 saturated carbocycles. The van der Waals surface area contributed by atoms with E-state index in [0.29, 0.717) is 16.9 Å². The number of aryl methyl sites for hydroxylation is 2. The van der Waals surface area contributed by atoms with Crippen LogP contribution in [0.1, 0.15) is 16.7 Å². The van der Waals surface area contributed by atoms with Gasteiger partial charge in [0.15, 0.2) is 0 Å². The maximum atomic E-state index is 12.4. The molecule has 4 nitrogen and oxygen atoms in total. The molecule has 2 aromatic carbocycles. The van der Waals surface area contributed by atoms with Crippen molar-refractivity contribution in [3.05, 3.63) is 75.6 Å². The van der Waals surface area contributed by atoms with Crippen molar-refractivity contribution in [2.24, 2.45) is 0 Å². The van der Waals surface area contributed by atoms with Crippen LogP contribution in [0, 0.1) is 25.2 Å². The highest BCUT2D eigenvalue weighted by Gasteiger charge is 2.14. The quantitative estimate of drug-likeness (QED) is 0.706. The summed E-state index contributed by atoms with van der Waals surface area (Å²) in [6.45, 7) is 3.96. The monoisotopic (exact) mass is 315 g/mol. The second-order valence-corrected chi connectivity index (χ2v) is 5.85. The number of nitrogens with one attached hydrogen (secondary N) is 1. The Morgan fingerprint density at radius 2 is 1.71 bits per heavy atom. The lowest BCUT2D eigenvalue weighted by atomic mass is 9.94. The predicted molar refractivity (Wildman–Crippen MR) is 96.5 cm³/mol. The van der Waals surface area contributed by atoms with Gasteiger partial charge in [0.2, 0.25) is 0 Å². The fourth-order valence-corrected chi connectivity index (χ4v) is 2.73. The van der Waals surface area contributed by atoms with E-state index in [9.17, 15) is 10.1 Å². The summed E-state index contributed by atoms with van der Waals surface area (Å²) < 4.78 is 0. The molecule has 0 bridgehead atoms. The number of H-pyrrole nitrogens is 1. The summed E-state index contributed by atoms with van der Waals surface area (Å²) in [4.78, 5) is 15.2. The molecule has 118 valence electrons. The first kappa shape index (κ1) is 15.6. The van der Waals surface area contributed by atoms with Gasteiger partial charge in [0.25, 0.3) is 5.56 Å². The topological polar surface area (TPSA) is 82.7 Å². The molecule has 24 heavy (non-hydrogen) atoms. The zero-order chi connectivity index (χ0) is 17.3. The molecule has 4 heteroatoms. The fourth-order valence-electron chi connectivity index (χ4n) is 2.73. The lowest BCUT2D eigenvalue weighted by Crippen LogP contribution is -2.13. The molecule has 0 saturated heterocycles. The molecule has 0 amide bonds. The van der Waals surface area contributed by atoms with Gasteiger partial charge in [-0.05, 0) is 48.7 Å². The molecular weight excluding hydrogens is 298 g/mol. The number of nitrogens with two attached hydrogens (primary N) is 1. The van der Waals surface area contributed by atoms with E-state index in [-0.39, 0.29) is 11.1 Å². The van der Waals surface area contributed by atoms with E-state index in [1.807, 2.05) is 56.3 Å². The Bertz CT molecular complexity index is 1010. The van der Waals surface area contributed by atoms with Gasteiger partial charge >= 0.3 is 0 Å². The van der Waals surface area contributed by atoms with Crippen LogP contribution >= 0.6 is 0 Å². The number of anilines is 1. The van der Waals surface area contributed by atoms with Crippen molar-refractivity contribution in [2.45, 2.75) is 13.8 Å². The summed E-state index contributed by atoms with van der Waals surface area (Å²) in [6.07, 6.45) is 0. The molecule has 0 aliphatic heterocycles. The van der Waals surface area contributed by atoms with Crippen molar-refractivity contribution in [3.63, 3.8) is 0 Å². The Balaban J connectivity index is 2.29. The maximum absolute atomic E-state index is 12.4. The number of hydrogen-bond donors (Lipinski definition) is 2. The number of hydrogen-bond acceptors (Lipinski definition) is 3. The highest BCUT2D eigenvalue weighted by Crippen LogP contribution is 2.29. The average Bonchev–Trinajstić information content (AvgIpc) is 2.57. The molecule has 1 aromatic heterocycles. The fraction of sp³-hybridized carbons (Fsp3) is 0.100. The second-order valence-electron chi connectivity index (χ2n) is 5.85. The summed E-state index contributed by atoms with van der Waals surface area (Å²) in [5.41, 5.74) is 11.3. The summed E-state index contributed by atoms with van der Waals surface area (Å²) in [7, 11) is 0.